The second-order valence-electron chi connectivity index (χ2n) is 8.44. The molecule has 200 valence electrons. The molecule has 0 spiro atoms. The summed E-state index contributed by atoms with van der Waals surface area (Å²) < 4.78 is 20.0. The summed E-state index contributed by atoms with van der Waals surface area (Å²) in [4.78, 5) is 29.9. The van der Waals surface area contributed by atoms with Gasteiger partial charge < -0.3 is 23.9 Å². The van der Waals surface area contributed by atoms with Crippen molar-refractivity contribution < 1.29 is 19.3 Å². The van der Waals surface area contributed by atoms with Gasteiger partial charge in [-0.1, -0.05) is 0 Å². The van der Waals surface area contributed by atoms with Gasteiger partial charge >= 0.3 is 5.69 Å². The van der Waals surface area contributed by atoms with Crippen molar-refractivity contribution >= 4 is 23.3 Å². The Morgan fingerprint density at radius 1 is 1.00 bits per heavy atom. The van der Waals surface area contributed by atoms with Gasteiger partial charge in [-0.05, 0) is 61.0 Å². The SMILES string of the molecule is CCOc1ccc(/C=N\Nc2nc3c(c(=O)n(C)c(=O)n3C)n2C[C@H](O)COc2ccc(OC)cc2)cc1. The molecule has 2 N–H and O–H groups in total. The number of imidazole rings is 1. The zero-order valence-corrected chi connectivity index (χ0v) is 21.6. The first-order valence-corrected chi connectivity index (χ1v) is 12.0. The highest BCUT2D eigenvalue weighted by molar-refractivity contribution is 5.80. The molecule has 2 aromatic heterocycles. The molecule has 0 saturated carbocycles. The summed E-state index contributed by atoms with van der Waals surface area (Å²) in [6, 6.07) is 14.3. The molecule has 2 heterocycles. The number of hydrogen-bond acceptors (Lipinski definition) is 9. The molecule has 0 aliphatic heterocycles. The zero-order chi connectivity index (χ0) is 27.2. The van der Waals surface area contributed by atoms with Gasteiger partial charge in [0.25, 0.3) is 5.56 Å². The van der Waals surface area contributed by atoms with Gasteiger partial charge in [-0.2, -0.15) is 10.1 Å². The van der Waals surface area contributed by atoms with Crippen LogP contribution in [0.25, 0.3) is 11.2 Å². The number of nitrogens with one attached hydrogen (secondary N) is 1. The van der Waals surface area contributed by atoms with Crippen molar-refractivity contribution in [3.05, 3.63) is 74.9 Å². The standard InChI is InChI=1S/C26H30N6O6/c1-5-37-20-8-6-17(7-9-20)14-27-29-25-28-23-22(24(34)31(3)26(35)30(23)2)32(25)15-18(33)16-38-21-12-10-19(36-4)11-13-21/h6-14,18,33H,5,15-16H2,1-4H3,(H,28,29)/b27-14-/t18-/m0/s1. The minimum absolute atomic E-state index is 0.0407. The fourth-order valence-electron chi connectivity index (χ4n) is 3.82. The number of aryl methyl sites for hydroxylation is 1. The Hall–Kier alpha value is -4.58. The van der Waals surface area contributed by atoms with E-state index >= 15 is 0 Å². The lowest BCUT2D eigenvalue weighted by atomic mass is 10.2. The second-order valence-corrected chi connectivity index (χ2v) is 8.44. The zero-order valence-electron chi connectivity index (χ0n) is 21.6. The molecule has 0 fully saturated rings. The lowest BCUT2D eigenvalue weighted by molar-refractivity contribution is 0.0938. The molecule has 0 unspecified atom stereocenters. The number of nitrogens with zero attached hydrogens (tertiary/aromatic N) is 5. The molecule has 0 radical (unpaired) electrons. The van der Waals surface area contributed by atoms with E-state index in [0.29, 0.717) is 18.1 Å². The van der Waals surface area contributed by atoms with Crippen LogP contribution < -0.4 is 30.9 Å². The number of aromatic nitrogens is 4. The van der Waals surface area contributed by atoms with Gasteiger partial charge in [0.15, 0.2) is 11.2 Å². The summed E-state index contributed by atoms with van der Waals surface area (Å²) in [6.07, 6.45) is 0.576. The van der Waals surface area contributed by atoms with Crippen molar-refractivity contribution in [2.45, 2.75) is 19.6 Å². The summed E-state index contributed by atoms with van der Waals surface area (Å²) in [5.41, 5.74) is 2.91. The number of rotatable bonds is 11. The van der Waals surface area contributed by atoms with Gasteiger partial charge in [-0.15, -0.1) is 0 Å². The Balaban J connectivity index is 1.59. The molecular formula is C26H30N6O6. The maximum absolute atomic E-state index is 13.0. The smallest absolute Gasteiger partial charge is 0.332 e. The topological polar surface area (TPSA) is 134 Å². The number of fused-ring (bicyclic) bond motifs is 1. The van der Waals surface area contributed by atoms with E-state index in [1.165, 1.54) is 23.2 Å². The first-order chi connectivity index (χ1) is 18.3. The number of ether oxygens (including phenoxy) is 3. The molecule has 12 heteroatoms. The Morgan fingerprint density at radius 2 is 1.63 bits per heavy atom. The van der Waals surface area contributed by atoms with E-state index in [1.807, 2.05) is 31.2 Å². The number of benzene rings is 2. The van der Waals surface area contributed by atoms with E-state index in [2.05, 4.69) is 15.5 Å². The molecule has 4 rings (SSSR count). The monoisotopic (exact) mass is 522 g/mol. The lowest BCUT2D eigenvalue weighted by Crippen LogP contribution is -2.38. The van der Waals surface area contributed by atoms with Crippen LogP contribution in [0.4, 0.5) is 5.95 Å². The van der Waals surface area contributed by atoms with Crippen molar-refractivity contribution in [3.63, 3.8) is 0 Å². The highest BCUT2D eigenvalue weighted by Crippen LogP contribution is 2.19. The van der Waals surface area contributed by atoms with Crippen LogP contribution in [0, 0.1) is 0 Å². The molecule has 1 atom stereocenters. The normalized spacial score (nSPS) is 12.1. The minimum Gasteiger partial charge on any atom is -0.497 e. The molecule has 2 aromatic carbocycles. The third kappa shape index (κ3) is 5.70. The van der Waals surface area contributed by atoms with Crippen LogP contribution in [0.3, 0.4) is 0 Å². The van der Waals surface area contributed by atoms with Gasteiger partial charge in [-0.25, -0.2) is 10.2 Å². The highest BCUT2D eigenvalue weighted by Gasteiger charge is 2.21. The summed E-state index contributed by atoms with van der Waals surface area (Å²) in [5.74, 6) is 2.17. The van der Waals surface area contributed by atoms with E-state index < -0.39 is 17.4 Å². The first kappa shape index (κ1) is 26.5. The van der Waals surface area contributed by atoms with Crippen molar-refractivity contribution in [3.8, 4) is 17.2 Å². The van der Waals surface area contributed by atoms with Crippen LogP contribution >= 0.6 is 0 Å². The number of aliphatic hydroxyl groups is 1. The molecule has 4 aromatic rings. The molecule has 12 nitrogen and oxygen atoms in total. The number of hydrazone groups is 1. The second kappa shape index (κ2) is 11.6. The van der Waals surface area contributed by atoms with Gasteiger partial charge in [0.2, 0.25) is 5.95 Å². The number of aliphatic hydroxyl groups excluding tert-OH is 1. The van der Waals surface area contributed by atoms with Crippen LogP contribution in [0.5, 0.6) is 17.2 Å². The summed E-state index contributed by atoms with van der Waals surface area (Å²) >= 11 is 0. The van der Waals surface area contributed by atoms with Crippen molar-refractivity contribution in [1.29, 1.82) is 0 Å². The van der Waals surface area contributed by atoms with Gasteiger partial charge in [0.1, 0.15) is 30.0 Å². The fourth-order valence-corrected chi connectivity index (χ4v) is 3.82. The molecule has 0 saturated heterocycles. The third-order valence-electron chi connectivity index (χ3n) is 5.81. The Labute approximate surface area is 218 Å². The Bertz CT molecular complexity index is 1540. The summed E-state index contributed by atoms with van der Waals surface area (Å²) in [5, 5.41) is 15.0. The van der Waals surface area contributed by atoms with Gasteiger partial charge in [0.05, 0.1) is 26.5 Å². The van der Waals surface area contributed by atoms with E-state index in [9.17, 15) is 14.7 Å². The fraction of sp³-hybridized carbons (Fsp3) is 0.308. The molecule has 0 bridgehead atoms. The third-order valence-corrected chi connectivity index (χ3v) is 5.81. The highest BCUT2D eigenvalue weighted by atomic mass is 16.5. The Kier molecular flexibility index (Phi) is 8.12. The number of anilines is 1. The number of hydrogen-bond donors (Lipinski definition) is 2. The van der Waals surface area contributed by atoms with Crippen LogP contribution in [0.15, 0.2) is 63.2 Å². The largest absolute Gasteiger partial charge is 0.497 e. The predicted octanol–water partition coefficient (Wildman–Crippen LogP) is 1.73. The molecular weight excluding hydrogens is 492 g/mol. The maximum Gasteiger partial charge on any atom is 0.332 e. The molecule has 38 heavy (non-hydrogen) atoms. The average molecular weight is 523 g/mol. The first-order valence-electron chi connectivity index (χ1n) is 12.0. The average Bonchev–Trinajstić information content (AvgIpc) is 3.28. The van der Waals surface area contributed by atoms with E-state index in [1.54, 1.807) is 37.6 Å². The number of methoxy groups -OCH3 is 1. The maximum atomic E-state index is 13.0. The van der Waals surface area contributed by atoms with Crippen molar-refractivity contribution in [2.75, 3.05) is 25.7 Å². The summed E-state index contributed by atoms with van der Waals surface area (Å²) in [6.45, 7) is 2.40. The van der Waals surface area contributed by atoms with Gasteiger partial charge in [-0.3, -0.25) is 13.9 Å². The van der Waals surface area contributed by atoms with Crippen molar-refractivity contribution in [1.82, 2.24) is 18.7 Å². The minimum atomic E-state index is -1.01. The molecule has 0 aliphatic rings. The molecule has 0 amide bonds. The quantitative estimate of drug-likeness (QED) is 0.225. The van der Waals surface area contributed by atoms with Crippen LogP contribution in [-0.2, 0) is 20.6 Å². The van der Waals surface area contributed by atoms with Gasteiger partial charge in [0, 0.05) is 14.1 Å². The summed E-state index contributed by atoms with van der Waals surface area (Å²) in [7, 11) is 4.49. The van der Waals surface area contributed by atoms with E-state index in [4.69, 9.17) is 14.2 Å². The van der Waals surface area contributed by atoms with Crippen molar-refractivity contribution in [2.24, 2.45) is 19.2 Å². The predicted molar refractivity (Wildman–Crippen MR) is 144 cm³/mol. The van der Waals surface area contributed by atoms with Crippen LogP contribution in [-0.4, -0.2) is 56.4 Å². The molecule has 0 aliphatic carbocycles. The van der Waals surface area contributed by atoms with E-state index in [0.717, 1.165) is 15.9 Å². The van der Waals surface area contributed by atoms with Crippen LogP contribution in [0.1, 0.15) is 12.5 Å². The lowest BCUT2D eigenvalue weighted by Gasteiger charge is -2.15. The Morgan fingerprint density at radius 3 is 2.29 bits per heavy atom. The van der Waals surface area contributed by atoms with Crippen LogP contribution in [0.2, 0.25) is 0 Å². The van der Waals surface area contributed by atoms with E-state index in [-0.39, 0.29) is 30.3 Å².